The first-order chi connectivity index (χ1) is 6.43. The molecule has 4 nitrogen and oxygen atoms in total. The van der Waals surface area contributed by atoms with E-state index in [0.717, 1.165) is 13.1 Å². The van der Waals surface area contributed by atoms with Crippen LogP contribution >= 0.6 is 0 Å². The average molecular weight is 198 g/mol. The number of likely N-dealkylation sites (N-methyl/N-ethyl adjacent to an activating group) is 1. The molecule has 0 bridgehead atoms. The van der Waals surface area contributed by atoms with E-state index in [1.54, 1.807) is 0 Å². The van der Waals surface area contributed by atoms with E-state index >= 15 is 0 Å². The van der Waals surface area contributed by atoms with Crippen molar-refractivity contribution in [1.82, 2.24) is 9.80 Å². The van der Waals surface area contributed by atoms with E-state index < -0.39 is 0 Å². The van der Waals surface area contributed by atoms with Gasteiger partial charge in [-0.25, -0.2) is 0 Å². The van der Waals surface area contributed by atoms with Gasteiger partial charge in [0, 0.05) is 19.1 Å². The number of nitrogens with zero attached hydrogens (tertiary/aromatic N) is 2. The first-order valence-corrected chi connectivity index (χ1v) is 5.18. The van der Waals surface area contributed by atoms with Crippen molar-refractivity contribution in [2.24, 2.45) is 11.7 Å². The molecule has 1 aliphatic heterocycles. The molecule has 0 spiro atoms. The quantitative estimate of drug-likeness (QED) is 0.503. The maximum Gasteiger partial charge on any atom is 0.108 e. The van der Waals surface area contributed by atoms with Gasteiger partial charge in [0.1, 0.15) is 5.84 Å². The lowest BCUT2D eigenvalue weighted by atomic mass is 10.1. The van der Waals surface area contributed by atoms with E-state index in [4.69, 9.17) is 11.1 Å². The van der Waals surface area contributed by atoms with E-state index in [1.807, 2.05) is 6.92 Å². The molecule has 0 amide bonds. The van der Waals surface area contributed by atoms with Gasteiger partial charge in [0.25, 0.3) is 0 Å². The molecule has 3 atom stereocenters. The predicted molar refractivity (Wildman–Crippen MR) is 59.6 cm³/mol. The fourth-order valence-electron chi connectivity index (χ4n) is 2.17. The van der Waals surface area contributed by atoms with Crippen LogP contribution in [0.5, 0.6) is 0 Å². The molecular weight excluding hydrogens is 176 g/mol. The van der Waals surface area contributed by atoms with Crippen LogP contribution in [0.25, 0.3) is 0 Å². The molecule has 4 heteroatoms. The third-order valence-electron chi connectivity index (χ3n) is 3.26. The minimum Gasteiger partial charge on any atom is -0.386 e. The maximum atomic E-state index is 7.43. The van der Waals surface area contributed by atoms with Crippen LogP contribution in [0.3, 0.4) is 0 Å². The van der Waals surface area contributed by atoms with Gasteiger partial charge in [-0.05, 0) is 26.9 Å². The smallest absolute Gasteiger partial charge is 0.108 e. The summed E-state index contributed by atoms with van der Waals surface area (Å²) in [7, 11) is 4.23. The average Bonchev–Trinajstić information content (AvgIpc) is 2.45. The molecule has 0 aromatic rings. The lowest BCUT2D eigenvalue weighted by Gasteiger charge is -2.25. The summed E-state index contributed by atoms with van der Waals surface area (Å²) >= 11 is 0. The van der Waals surface area contributed by atoms with Gasteiger partial charge in [-0.2, -0.15) is 0 Å². The lowest BCUT2D eigenvalue weighted by molar-refractivity contribution is 0.246. The Bertz CT molecular complexity index is 214. The normalized spacial score (nSPS) is 30.9. The van der Waals surface area contributed by atoms with Crippen LogP contribution in [-0.2, 0) is 0 Å². The van der Waals surface area contributed by atoms with Gasteiger partial charge in [0.15, 0.2) is 0 Å². The SMILES string of the molecule is CC1CN(C(C)C(=N)N)CC1N(C)C. The van der Waals surface area contributed by atoms with E-state index in [9.17, 15) is 0 Å². The molecule has 1 aliphatic rings. The monoisotopic (exact) mass is 198 g/mol. The fraction of sp³-hybridized carbons (Fsp3) is 0.900. The second-order valence-corrected chi connectivity index (χ2v) is 4.59. The van der Waals surface area contributed by atoms with Gasteiger partial charge in [0.05, 0.1) is 6.04 Å². The summed E-state index contributed by atoms with van der Waals surface area (Å²) in [6.45, 7) is 6.34. The van der Waals surface area contributed by atoms with Gasteiger partial charge in [-0.1, -0.05) is 6.92 Å². The van der Waals surface area contributed by atoms with Crippen molar-refractivity contribution in [3.63, 3.8) is 0 Å². The van der Waals surface area contributed by atoms with Crippen molar-refractivity contribution >= 4 is 5.84 Å². The van der Waals surface area contributed by atoms with Crippen molar-refractivity contribution in [3.05, 3.63) is 0 Å². The molecule has 1 saturated heterocycles. The molecular formula is C10H22N4. The van der Waals surface area contributed by atoms with Crippen molar-refractivity contribution in [1.29, 1.82) is 5.41 Å². The number of hydrogen-bond donors (Lipinski definition) is 2. The Kier molecular flexibility index (Phi) is 3.50. The Balaban J connectivity index is 2.58. The molecule has 3 N–H and O–H groups in total. The van der Waals surface area contributed by atoms with Crippen molar-refractivity contribution in [2.75, 3.05) is 27.2 Å². The first kappa shape index (κ1) is 11.5. The van der Waals surface area contributed by atoms with Crippen molar-refractivity contribution in [2.45, 2.75) is 25.9 Å². The van der Waals surface area contributed by atoms with E-state index in [0.29, 0.717) is 12.0 Å². The third-order valence-corrected chi connectivity index (χ3v) is 3.26. The van der Waals surface area contributed by atoms with Crippen molar-refractivity contribution in [3.8, 4) is 0 Å². The zero-order valence-corrected chi connectivity index (χ0v) is 9.62. The summed E-state index contributed by atoms with van der Waals surface area (Å²) in [5, 5.41) is 7.43. The number of nitrogens with one attached hydrogen (secondary N) is 1. The van der Waals surface area contributed by atoms with Crippen LogP contribution in [0.15, 0.2) is 0 Å². The van der Waals surface area contributed by atoms with E-state index in [-0.39, 0.29) is 11.9 Å². The highest BCUT2D eigenvalue weighted by Gasteiger charge is 2.33. The zero-order chi connectivity index (χ0) is 10.9. The molecule has 1 fully saturated rings. The second-order valence-electron chi connectivity index (χ2n) is 4.59. The third kappa shape index (κ3) is 2.25. The molecule has 0 aromatic heterocycles. The fourth-order valence-corrected chi connectivity index (χ4v) is 2.17. The lowest BCUT2D eigenvalue weighted by Crippen LogP contribution is -2.42. The summed E-state index contributed by atoms with van der Waals surface area (Å²) in [5.74, 6) is 0.934. The Morgan fingerprint density at radius 2 is 2.07 bits per heavy atom. The standard InChI is InChI=1S/C10H22N4/c1-7-5-14(8(2)10(11)12)6-9(7)13(3)4/h7-9H,5-6H2,1-4H3,(H3,11,12). The summed E-state index contributed by atoms with van der Waals surface area (Å²) in [4.78, 5) is 4.55. The Hall–Kier alpha value is -0.610. The second kappa shape index (κ2) is 4.28. The van der Waals surface area contributed by atoms with E-state index in [1.165, 1.54) is 0 Å². The van der Waals surface area contributed by atoms with Gasteiger partial charge in [-0.15, -0.1) is 0 Å². The highest BCUT2D eigenvalue weighted by atomic mass is 15.3. The zero-order valence-electron chi connectivity index (χ0n) is 9.62. The molecule has 14 heavy (non-hydrogen) atoms. The highest BCUT2D eigenvalue weighted by Crippen LogP contribution is 2.21. The minimum atomic E-state index is 0.0856. The van der Waals surface area contributed by atoms with Gasteiger partial charge >= 0.3 is 0 Å². The topological polar surface area (TPSA) is 56.4 Å². The van der Waals surface area contributed by atoms with Crippen LogP contribution in [0, 0.1) is 11.3 Å². The van der Waals surface area contributed by atoms with Crippen LogP contribution in [0.2, 0.25) is 0 Å². The number of hydrogen-bond acceptors (Lipinski definition) is 3. The predicted octanol–water partition coefficient (Wildman–Crippen LogP) is 0.193. The minimum absolute atomic E-state index is 0.0856. The molecule has 1 rings (SSSR count). The van der Waals surface area contributed by atoms with Crippen LogP contribution in [0.4, 0.5) is 0 Å². The molecule has 0 saturated carbocycles. The highest BCUT2D eigenvalue weighted by molar-refractivity contribution is 5.82. The number of rotatable bonds is 3. The number of nitrogens with two attached hydrogens (primary N) is 1. The van der Waals surface area contributed by atoms with Crippen LogP contribution in [-0.4, -0.2) is 54.9 Å². The molecule has 3 unspecified atom stereocenters. The molecule has 0 aromatic carbocycles. The summed E-state index contributed by atoms with van der Waals surface area (Å²) in [5.41, 5.74) is 5.51. The molecule has 82 valence electrons. The van der Waals surface area contributed by atoms with E-state index in [2.05, 4.69) is 30.8 Å². The Morgan fingerprint density at radius 1 is 1.50 bits per heavy atom. The first-order valence-electron chi connectivity index (χ1n) is 5.18. The van der Waals surface area contributed by atoms with Crippen LogP contribution in [0.1, 0.15) is 13.8 Å². The maximum absolute atomic E-state index is 7.43. The van der Waals surface area contributed by atoms with Gasteiger partial charge in [0.2, 0.25) is 0 Å². The van der Waals surface area contributed by atoms with Crippen molar-refractivity contribution < 1.29 is 0 Å². The summed E-state index contributed by atoms with van der Waals surface area (Å²) in [6.07, 6.45) is 0. The Morgan fingerprint density at radius 3 is 2.43 bits per heavy atom. The summed E-state index contributed by atoms with van der Waals surface area (Å²) in [6, 6.07) is 0.680. The molecule has 0 radical (unpaired) electrons. The van der Waals surface area contributed by atoms with Crippen LogP contribution < -0.4 is 5.73 Å². The largest absolute Gasteiger partial charge is 0.386 e. The Labute approximate surface area is 86.6 Å². The van der Waals surface area contributed by atoms with Gasteiger partial charge in [-0.3, -0.25) is 10.3 Å². The number of likely N-dealkylation sites (tertiary alicyclic amines) is 1. The molecule has 0 aliphatic carbocycles. The molecule has 1 heterocycles. The number of amidine groups is 1. The summed E-state index contributed by atoms with van der Waals surface area (Å²) < 4.78 is 0. The van der Waals surface area contributed by atoms with Gasteiger partial charge < -0.3 is 10.6 Å².